The number of fused-ring (bicyclic) bond motifs is 6. The molecule has 5 nitrogen and oxygen atoms in total. The van der Waals surface area contributed by atoms with E-state index in [0.29, 0.717) is 17.5 Å². The van der Waals surface area contributed by atoms with Gasteiger partial charge >= 0.3 is 0 Å². The lowest BCUT2D eigenvalue weighted by Gasteiger charge is -2.16. The van der Waals surface area contributed by atoms with E-state index in [1.165, 1.54) is 25.7 Å². The third-order valence-corrected chi connectivity index (χ3v) is 11.7. The minimum Gasteiger partial charge on any atom is -0.293 e. The number of para-hydroxylation sites is 1. The minimum absolute atomic E-state index is 0.585. The maximum absolute atomic E-state index is 5.31. The molecule has 11 rings (SSSR count). The van der Waals surface area contributed by atoms with Gasteiger partial charge in [-0.15, -0.1) is 11.3 Å². The Morgan fingerprint density at radius 3 is 1.89 bits per heavy atom. The summed E-state index contributed by atoms with van der Waals surface area (Å²) >= 11 is 1.84. The zero-order valence-corrected chi connectivity index (χ0v) is 30.9. The number of rotatable bonds is 6. The van der Waals surface area contributed by atoms with Crippen molar-refractivity contribution in [2.75, 3.05) is 0 Å². The van der Waals surface area contributed by atoms with Crippen LogP contribution in [0.5, 0.6) is 0 Å². The van der Waals surface area contributed by atoms with Crippen LogP contribution in [0.1, 0.15) is 0 Å². The molecule has 0 fully saturated rings. The fourth-order valence-electron chi connectivity index (χ4n) is 7.90. The first-order valence-corrected chi connectivity index (χ1v) is 19.5. The van der Waals surface area contributed by atoms with Crippen molar-refractivity contribution in [1.82, 2.24) is 24.5 Å². The van der Waals surface area contributed by atoms with Crippen LogP contribution in [0.4, 0.5) is 0 Å². The average Bonchev–Trinajstić information content (AvgIpc) is 3.83. The highest BCUT2D eigenvalue weighted by Gasteiger charge is 2.21. The molecule has 0 aliphatic heterocycles. The van der Waals surface area contributed by atoms with E-state index in [-0.39, 0.29) is 0 Å². The molecule has 56 heavy (non-hydrogen) atoms. The summed E-state index contributed by atoms with van der Waals surface area (Å²) in [4.78, 5) is 20.6. The summed E-state index contributed by atoms with van der Waals surface area (Å²) in [6.07, 6.45) is 1.86. The van der Waals surface area contributed by atoms with Gasteiger partial charge in [0, 0.05) is 53.8 Å². The van der Waals surface area contributed by atoms with Crippen LogP contribution in [-0.4, -0.2) is 24.5 Å². The topological polar surface area (TPSA) is 56.5 Å². The van der Waals surface area contributed by atoms with E-state index in [4.69, 9.17) is 19.9 Å². The van der Waals surface area contributed by atoms with Crippen molar-refractivity contribution in [2.24, 2.45) is 0 Å². The molecule has 0 bridgehead atoms. The molecule has 0 amide bonds. The van der Waals surface area contributed by atoms with Crippen molar-refractivity contribution in [3.05, 3.63) is 188 Å². The molecule has 4 aromatic heterocycles. The van der Waals surface area contributed by atoms with Crippen LogP contribution in [0.2, 0.25) is 0 Å². The van der Waals surface area contributed by atoms with Crippen LogP contribution in [0.25, 0.3) is 104 Å². The molecule has 0 unspecified atom stereocenters. The molecule has 0 saturated heterocycles. The monoisotopic (exact) mass is 733 g/mol. The zero-order valence-electron chi connectivity index (χ0n) is 30.0. The Balaban J connectivity index is 1.15. The number of hydrogen-bond acceptors (Lipinski definition) is 5. The smallest absolute Gasteiger partial charge is 0.166 e. The van der Waals surface area contributed by atoms with Gasteiger partial charge in [-0.1, -0.05) is 140 Å². The SMILES string of the molecule is c1ccc(-c2ccc(-c3nc(-c4ccccc4)nc(-c4cccc(-c5cccc6c5sc5ccccc56)c4)n3)c(-n3c4ccccc4c4cccnc43)c2)cc1. The Labute approximate surface area is 326 Å². The van der Waals surface area contributed by atoms with Gasteiger partial charge in [-0.05, 0) is 64.7 Å². The predicted octanol–water partition coefficient (Wildman–Crippen LogP) is 13.1. The van der Waals surface area contributed by atoms with Crippen LogP contribution < -0.4 is 0 Å². The Hall–Kier alpha value is -7.28. The number of aromatic nitrogens is 5. The normalized spacial score (nSPS) is 11.6. The molecule has 0 atom stereocenters. The third-order valence-electron chi connectivity index (χ3n) is 10.5. The first-order chi connectivity index (χ1) is 27.8. The van der Waals surface area contributed by atoms with Crippen molar-refractivity contribution < 1.29 is 0 Å². The molecule has 0 N–H and O–H groups in total. The van der Waals surface area contributed by atoms with Gasteiger partial charge in [0.05, 0.1) is 11.2 Å². The lowest BCUT2D eigenvalue weighted by Crippen LogP contribution is -2.04. The second kappa shape index (κ2) is 13.2. The minimum atomic E-state index is 0.585. The lowest BCUT2D eigenvalue weighted by molar-refractivity contribution is 1.06. The van der Waals surface area contributed by atoms with Crippen molar-refractivity contribution in [3.8, 4) is 62.1 Å². The number of benzene rings is 7. The number of thiophene rings is 1. The summed E-state index contributed by atoms with van der Waals surface area (Å²) in [6.45, 7) is 0. The van der Waals surface area contributed by atoms with Gasteiger partial charge in [-0.2, -0.15) is 0 Å². The highest BCUT2D eigenvalue weighted by molar-refractivity contribution is 7.26. The molecule has 0 aliphatic carbocycles. The van der Waals surface area contributed by atoms with Crippen LogP contribution in [0.3, 0.4) is 0 Å². The molecule has 0 saturated carbocycles. The highest BCUT2D eigenvalue weighted by atomic mass is 32.1. The van der Waals surface area contributed by atoms with Crippen LogP contribution in [0, 0.1) is 0 Å². The number of nitrogens with zero attached hydrogens (tertiary/aromatic N) is 5. The van der Waals surface area contributed by atoms with Crippen LogP contribution >= 0.6 is 11.3 Å². The molecule has 7 aromatic carbocycles. The predicted molar refractivity (Wildman–Crippen MR) is 232 cm³/mol. The quantitative estimate of drug-likeness (QED) is 0.171. The molecule has 11 aromatic rings. The maximum Gasteiger partial charge on any atom is 0.166 e. The van der Waals surface area contributed by atoms with E-state index in [1.807, 2.05) is 47.9 Å². The first-order valence-electron chi connectivity index (χ1n) is 18.6. The standard InChI is InChI=1S/C50H31N5S/c1-3-14-32(15-4-1)34-27-28-42(44(31-34)55-43-25-9-7-20-38(43)41-24-13-29-51-50(41)55)49-53-47(33-16-5-2-6-17-33)52-48(54-49)36-19-11-18-35(30-36)37-22-12-23-40-39-21-8-10-26-45(39)56-46(37)40/h1-31H. The summed E-state index contributed by atoms with van der Waals surface area (Å²) in [5.41, 5.74) is 10.1. The van der Waals surface area contributed by atoms with E-state index in [2.05, 4.69) is 156 Å². The second-order valence-corrected chi connectivity index (χ2v) is 14.9. The molecule has 4 heterocycles. The molecular formula is C50H31N5S. The Kier molecular flexibility index (Phi) is 7.60. The maximum atomic E-state index is 5.31. The third kappa shape index (κ3) is 5.38. The fraction of sp³-hybridized carbons (Fsp3) is 0. The van der Waals surface area contributed by atoms with E-state index >= 15 is 0 Å². The lowest BCUT2D eigenvalue weighted by atomic mass is 10.00. The van der Waals surface area contributed by atoms with Gasteiger partial charge < -0.3 is 0 Å². The van der Waals surface area contributed by atoms with E-state index < -0.39 is 0 Å². The summed E-state index contributed by atoms with van der Waals surface area (Å²) in [6, 6.07) is 63.6. The van der Waals surface area contributed by atoms with E-state index in [9.17, 15) is 0 Å². The molecular weight excluding hydrogens is 703 g/mol. The molecule has 0 spiro atoms. The van der Waals surface area contributed by atoms with Gasteiger partial charge in [-0.25, -0.2) is 19.9 Å². The number of hydrogen-bond donors (Lipinski definition) is 0. The van der Waals surface area contributed by atoms with Crippen molar-refractivity contribution in [3.63, 3.8) is 0 Å². The van der Waals surface area contributed by atoms with Crippen molar-refractivity contribution in [2.45, 2.75) is 0 Å². The largest absolute Gasteiger partial charge is 0.293 e. The number of pyridine rings is 1. The van der Waals surface area contributed by atoms with Gasteiger partial charge in [-0.3, -0.25) is 4.57 Å². The summed E-state index contributed by atoms with van der Waals surface area (Å²) in [5, 5.41) is 4.78. The highest BCUT2D eigenvalue weighted by Crippen LogP contribution is 2.41. The molecule has 0 radical (unpaired) electrons. The van der Waals surface area contributed by atoms with Crippen LogP contribution in [0.15, 0.2) is 188 Å². The Bertz CT molecular complexity index is 3200. The fourth-order valence-corrected chi connectivity index (χ4v) is 9.14. The summed E-state index contributed by atoms with van der Waals surface area (Å²) in [7, 11) is 0. The van der Waals surface area contributed by atoms with Crippen LogP contribution in [-0.2, 0) is 0 Å². The van der Waals surface area contributed by atoms with Gasteiger partial charge in [0.25, 0.3) is 0 Å². The first kappa shape index (κ1) is 32.2. The average molecular weight is 734 g/mol. The zero-order chi connectivity index (χ0) is 37.0. The molecule has 0 aliphatic rings. The van der Waals surface area contributed by atoms with E-state index in [0.717, 1.165) is 61.0 Å². The van der Waals surface area contributed by atoms with Gasteiger partial charge in [0.2, 0.25) is 0 Å². The molecule has 6 heteroatoms. The van der Waals surface area contributed by atoms with Crippen molar-refractivity contribution in [1.29, 1.82) is 0 Å². The summed E-state index contributed by atoms with van der Waals surface area (Å²) < 4.78 is 4.81. The Morgan fingerprint density at radius 2 is 1.04 bits per heavy atom. The second-order valence-electron chi connectivity index (χ2n) is 13.9. The molecule has 262 valence electrons. The summed E-state index contributed by atoms with van der Waals surface area (Å²) in [5.74, 6) is 1.81. The van der Waals surface area contributed by atoms with Crippen molar-refractivity contribution >= 4 is 53.4 Å². The van der Waals surface area contributed by atoms with Gasteiger partial charge in [0.15, 0.2) is 17.5 Å². The van der Waals surface area contributed by atoms with E-state index in [1.54, 1.807) is 0 Å². The van der Waals surface area contributed by atoms with Gasteiger partial charge in [0.1, 0.15) is 5.65 Å². The Morgan fingerprint density at radius 1 is 0.393 bits per heavy atom.